The second-order valence-corrected chi connectivity index (χ2v) is 8.89. The minimum atomic E-state index is -0.619. The molecule has 0 saturated heterocycles. The van der Waals surface area contributed by atoms with Crippen LogP contribution in [0.5, 0.6) is 0 Å². The molecule has 1 aliphatic rings. The highest BCUT2D eigenvalue weighted by molar-refractivity contribution is 5.98. The predicted molar refractivity (Wildman–Crippen MR) is 133 cm³/mol. The van der Waals surface area contributed by atoms with E-state index in [4.69, 9.17) is 9.47 Å². The van der Waals surface area contributed by atoms with Crippen molar-refractivity contribution in [1.29, 1.82) is 0 Å². The van der Waals surface area contributed by atoms with E-state index >= 15 is 0 Å². The summed E-state index contributed by atoms with van der Waals surface area (Å²) in [6, 6.07) is 18.4. The maximum absolute atomic E-state index is 12.9. The third kappa shape index (κ3) is 5.96. The van der Waals surface area contributed by atoms with Crippen LogP contribution in [-0.4, -0.2) is 30.1 Å². The first-order chi connectivity index (χ1) is 16.2. The molecule has 2 aromatic rings. The molecule has 0 aliphatic carbocycles. The van der Waals surface area contributed by atoms with Crippen molar-refractivity contribution in [3.8, 4) is 12.0 Å². The van der Waals surface area contributed by atoms with Gasteiger partial charge in [0.2, 0.25) is 0 Å². The Morgan fingerprint density at radius 3 is 2.32 bits per heavy atom. The summed E-state index contributed by atoms with van der Waals surface area (Å²) >= 11 is 0. The van der Waals surface area contributed by atoms with Gasteiger partial charge in [-0.1, -0.05) is 57.2 Å². The highest BCUT2D eigenvalue weighted by Crippen LogP contribution is 2.36. The van der Waals surface area contributed by atoms with Crippen molar-refractivity contribution in [1.82, 2.24) is 4.90 Å². The van der Waals surface area contributed by atoms with Crippen molar-refractivity contribution in [2.75, 3.05) is 13.2 Å². The Kier molecular flexibility index (Phi) is 7.96. The van der Waals surface area contributed by atoms with Crippen LogP contribution in [0.1, 0.15) is 62.9 Å². The first-order valence-corrected chi connectivity index (χ1v) is 11.5. The van der Waals surface area contributed by atoms with Gasteiger partial charge in [0.25, 0.3) is 0 Å². The van der Waals surface area contributed by atoms with Gasteiger partial charge in [-0.2, -0.15) is 0 Å². The average molecular weight is 458 g/mol. The molecule has 1 heterocycles. The molecule has 3 rings (SSSR count). The van der Waals surface area contributed by atoms with E-state index in [1.807, 2.05) is 48.7 Å². The van der Waals surface area contributed by atoms with Crippen molar-refractivity contribution in [3.63, 3.8) is 0 Å². The first-order valence-electron chi connectivity index (χ1n) is 11.5. The van der Waals surface area contributed by atoms with Crippen LogP contribution in [0.25, 0.3) is 6.08 Å². The molecule has 5 nitrogen and oxygen atoms in total. The smallest absolute Gasteiger partial charge is 0.336 e. The number of fused-ring (bicyclic) bond motifs is 1. The van der Waals surface area contributed by atoms with Gasteiger partial charge in [-0.05, 0) is 60.1 Å². The second kappa shape index (κ2) is 10.9. The van der Waals surface area contributed by atoms with E-state index in [0.717, 1.165) is 16.7 Å². The Hall–Kier alpha value is -3.78. The molecule has 1 unspecified atom stereocenters. The van der Waals surface area contributed by atoms with Crippen LogP contribution in [-0.2, 0) is 24.5 Å². The van der Waals surface area contributed by atoms with Crippen LogP contribution in [0.3, 0.4) is 0 Å². The van der Waals surface area contributed by atoms with E-state index in [0.29, 0.717) is 0 Å². The number of esters is 2. The van der Waals surface area contributed by atoms with Crippen LogP contribution in [0.15, 0.2) is 66.4 Å². The number of benzene rings is 2. The summed E-state index contributed by atoms with van der Waals surface area (Å²) in [7, 11) is 0. The van der Waals surface area contributed by atoms with E-state index in [-0.39, 0.29) is 24.2 Å². The van der Waals surface area contributed by atoms with Crippen LogP contribution in [0, 0.1) is 12.0 Å². The van der Waals surface area contributed by atoms with Gasteiger partial charge in [0.1, 0.15) is 0 Å². The fourth-order valence-electron chi connectivity index (χ4n) is 3.68. The highest BCUT2D eigenvalue weighted by atomic mass is 16.5. The number of nitrogens with zero attached hydrogens (tertiary/aromatic N) is 1. The SMILES string of the molecule is CCOC(=O)/C=C(\C(=O)OCC)C1c2ccccc2C=CN1C#Cc1ccc(C(C)(C)C)cc1. The van der Waals surface area contributed by atoms with Gasteiger partial charge in [0.05, 0.1) is 24.8 Å². The lowest BCUT2D eigenvalue weighted by molar-refractivity contribution is -0.141. The zero-order chi connectivity index (χ0) is 24.7. The molecule has 0 fully saturated rings. The minimum Gasteiger partial charge on any atom is -0.463 e. The monoisotopic (exact) mass is 457 g/mol. The van der Waals surface area contributed by atoms with Crippen molar-refractivity contribution in [2.45, 2.75) is 46.1 Å². The Balaban J connectivity index is 2.05. The van der Waals surface area contributed by atoms with Gasteiger partial charge in [0.15, 0.2) is 0 Å². The number of hydrogen-bond acceptors (Lipinski definition) is 5. The molecule has 0 N–H and O–H groups in total. The third-order valence-corrected chi connectivity index (χ3v) is 5.43. The maximum atomic E-state index is 12.9. The quantitative estimate of drug-likeness (QED) is 0.343. The number of rotatable bonds is 5. The molecule has 0 radical (unpaired) electrons. The molecule has 34 heavy (non-hydrogen) atoms. The molecule has 1 atom stereocenters. The van der Waals surface area contributed by atoms with E-state index in [1.165, 1.54) is 11.6 Å². The molecule has 2 aromatic carbocycles. The molecule has 0 amide bonds. The summed E-state index contributed by atoms with van der Waals surface area (Å²) in [4.78, 5) is 27.0. The van der Waals surface area contributed by atoms with Crippen LogP contribution in [0.2, 0.25) is 0 Å². The highest BCUT2D eigenvalue weighted by Gasteiger charge is 2.32. The van der Waals surface area contributed by atoms with E-state index in [9.17, 15) is 9.59 Å². The fourth-order valence-corrected chi connectivity index (χ4v) is 3.68. The van der Waals surface area contributed by atoms with Crippen LogP contribution >= 0.6 is 0 Å². The minimum absolute atomic E-state index is 0.0583. The van der Waals surface area contributed by atoms with E-state index in [2.05, 4.69) is 44.9 Å². The van der Waals surface area contributed by atoms with Crippen molar-refractivity contribution in [3.05, 3.63) is 88.6 Å². The average Bonchev–Trinajstić information content (AvgIpc) is 2.81. The lowest BCUT2D eigenvalue weighted by atomic mass is 9.87. The Bertz CT molecular complexity index is 1160. The second-order valence-electron chi connectivity index (χ2n) is 8.89. The first kappa shape index (κ1) is 24.9. The Morgan fingerprint density at radius 2 is 1.68 bits per heavy atom. The van der Waals surface area contributed by atoms with E-state index < -0.39 is 18.0 Å². The number of carbonyl (C=O) groups excluding carboxylic acids is 2. The molecule has 0 saturated carbocycles. The largest absolute Gasteiger partial charge is 0.463 e. The predicted octanol–water partition coefficient (Wildman–Crippen LogP) is 5.37. The standard InChI is InChI=1S/C29H31NO4/c1-6-33-26(31)20-25(28(32)34-7-2)27-24-11-9-8-10-22(24)17-19-30(27)18-16-21-12-14-23(15-13-21)29(3,4)5/h8-15,17,19-20,27H,6-7H2,1-5H3/b25-20-. The van der Waals surface area contributed by atoms with Crippen LogP contribution < -0.4 is 0 Å². The lowest BCUT2D eigenvalue weighted by Gasteiger charge is -2.31. The molecule has 0 bridgehead atoms. The summed E-state index contributed by atoms with van der Waals surface area (Å²) in [5.41, 5.74) is 4.11. The van der Waals surface area contributed by atoms with Gasteiger partial charge in [-0.25, -0.2) is 9.59 Å². The molecule has 0 spiro atoms. The summed E-state index contributed by atoms with van der Waals surface area (Å²) in [5, 5.41) is 0. The van der Waals surface area contributed by atoms with Crippen molar-refractivity contribution >= 4 is 18.0 Å². The fraction of sp³-hybridized carbons (Fsp3) is 0.310. The molecular weight excluding hydrogens is 426 g/mol. The molecule has 1 aliphatic heterocycles. The van der Waals surface area contributed by atoms with Gasteiger partial charge in [0, 0.05) is 23.9 Å². The topological polar surface area (TPSA) is 55.8 Å². The van der Waals surface area contributed by atoms with E-state index in [1.54, 1.807) is 18.7 Å². The van der Waals surface area contributed by atoms with Gasteiger partial charge < -0.3 is 9.47 Å². The van der Waals surface area contributed by atoms with Gasteiger partial charge in [-0.3, -0.25) is 4.90 Å². The number of hydrogen-bond donors (Lipinski definition) is 0. The number of carbonyl (C=O) groups is 2. The number of ether oxygens (including phenoxy) is 2. The zero-order valence-electron chi connectivity index (χ0n) is 20.4. The molecule has 176 valence electrons. The summed E-state index contributed by atoms with van der Waals surface area (Å²) < 4.78 is 10.4. The van der Waals surface area contributed by atoms with Crippen molar-refractivity contribution in [2.24, 2.45) is 0 Å². The third-order valence-electron chi connectivity index (χ3n) is 5.43. The Morgan fingerprint density at radius 1 is 1.00 bits per heavy atom. The maximum Gasteiger partial charge on any atom is 0.336 e. The van der Waals surface area contributed by atoms with Crippen molar-refractivity contribution < 1.29 is 19.1 Å². The lowest BCUT2D eigenvalue weighted by Crippen LogP contribution is -2.29. The van der Waals surface area contributed by atoms with Crippen LogP contribution in [0.4, 0.5) is 0 Å². The summed E-state index contributed by atoms with van der Waals surface area (Å²) in [6.07, 6.45) is 4.98. The molecule has 5 heteroatoms. The normalized spacial score (nSPS) is 15.1. The van der Waals surface area contributed by atoms with Gasteiger partial charge >= 0.3 is 11.9 Å². The summed E-state index contributed by atoms with van der Waals surface area (Å²) in [5.74, 6) is 2.02. The summed E-state index contributed by atoms with van der Waals surface area (Å²) in [6.45, 7) is 10.4. The zero-order valence-corrected chi connectivity index (χ0v) is 20.4. The van der Waals surface area contributed by atoms with Gasteiger partial charge in [-0.15, -0.1) is 0 Å². The Labute approximate surface area is 202 Å². The molecular formula is C29H31NO4. The molecule has 0 aromatic heterocycles.